The molecule has 0 spiro atoms. The van der Waals surface area contributed by atoms with Crippen molar-refractivity contribution in [1.29, 1.82) is 0 Å². The van der Waals surface area contributed by atoms with Crippen LogP contribution in [0.5, 0.6) is 0 Å². The predicted molar refractivity (Wildman–Crippen MR) is 341 cm³/mol. The number of ether oxygens (including phenoxy) is 1. The van der Waals surface area contributed by atoms with Gasteiger partial charge in [-0.05, 0) is 115 Å². The minimum absolute atomic E-state index is 0.0308. The van der Waals surface area contributed by atoms with Crippen LogP contribution >= 0.6 is 7.82 Å². The van der Waals surface area contributed by atoms with Gasteiger partial charge in [0.05, 0.1) is 33.8 Å². The topological polar surface area (TPSA) is 111 Å². The molecule has 0 aliphatic heterocycles. The number of allylic oxidation sites excluding steroid dienone is 17. The Balaban J connectivity index is 5.19. The first kappa shape index (κ1) is 75.7. The molecule has 0 aliphatic carbocycles. The molecule has 3 atom stereocenters. The number of phosphoric ester groups is 1. The smallest absolute Gasteiger partial charge is 0.456 e. The zero-order valence-electron chi connectivity index (χ0n) is 51.8. The van der Waals surface area contributed by atoms with Gasteiger partial charge in [0.25, 0.3) is 0 Å². The van der Waals surface area contributed by atoms with Crippen molar-refractivity contribution >= 4 is 19.7 Å². The summed E-state index contributed by atoms with van der Waals surface area (Å²) in [5.41, 5.74) is 0. The maximum absolute atomic E-state index is 13.5. The SMILES string of the molecule is CC/C=C\C/C=C\C/C=C\C/C=C\C/C=C\C/C=C\CCCCCCCCC(=O)OC(/C=C\CCCCCCCCCCC)C(COP(=O)(O)OCC[N+](C)(C)C)NC(=O)CCCCCCCCC/C=C\C/C=C\CCCCC. The second kappa shape index (κ2) is 57.9. The van der Waals surface area contributed by atoms with Crippen molar-refractivity contribution in [2.45, 2.75) is 277 Å². The Bertz CT molecular complexity index is 1720. The fourth-order valence-corrected chi connectivity index (χ4v) is 9.47. The average molecular weight is 1120 g/mol. The van der Waals surface area contributed by atoms with Gasteiger partial charge in [-0.1, -0.05) is 246 Å². The molecule has 0 aliphatic rings. The summed E-state index contributed by atoms with van der Waals surface area (Å²) in [6, 6.07) is -0.865. The van der Waals surface area contributed by atoms with Crippen molar-refractivity contribution in [2.24, 2.45) is 0 Å². The molecule has 0 saturated carbocycles. The van der Waals surface area contributed by atoms with Crippen LogP contribution in [-0.4, -0.2) is 74.3 Å². The Labute approximate surface area is 487 Å². The molecule has 0 fully saturated rings. The standard InChI is InChI=1S/C69H121N2O7P/c1-7-10-13-16-19-22-25-27-29-31-32-33-34-35-36-37-38-40-42-44-47-50-53-56-59-62-69(73)78-67(60-57-54-51-48-45-24-21-18-15-12-9-3)66(65-77-79(74,75)76-64-63-71(4,5)6)70-68(72)61-58-55-52-49-46-43-41-39-30-28-26-23-20-17-14-11-8-2/h10,13,19-20,22-23,27-30,32-33,35-36,38,40,57,60,66-67H,7-9,11-12,14-18,21,24-26,31,34,37,39,41-56,58-59,61-65H2,1-6H3,(H-,70,72,74,75)/p+1/b13-10-,22-19-,23-20-,29-27-,30-28-,33-32-,36-35-,40-38-,60-57-. The molecule has 0 rings (SSSR count). The Hall–Kier alpha value is -3.33. The molecule has 2 N–H and O–H groups in total. The van der Waals surface area contributed by atoms with Gasteiger partial charge in [-0.15, -0.1) is 0 Å². The number of phosphoric acid groups is 1. The van der Waals surface area contributed by atoms with E-state index in [2.05, 4.69) is 123 Å². The highest BCUT2D eigenvalue weighted by atomic mass is 31.2. The number of carbonyl (C=O) groups excluding carboxylic acids is 2. The zero-order chi connectivity index (χ0) is 57.9. The molecule has 0 saturated heterocycles. The van der Waals surface area contributed by atoms with Crippen molar-refractivity contribution in [1.82, 2.24) is 5.32 Å². The monoisotopic (exact) mass is 1120 g/mol. The molecule has 0 aromatic carbocycles. The lowest BCUT2D eigenvalue weighted by molar-refractivity contribution is -0.870. The molecule has 3 unspecified atom stereocenters. The Morgan fingerprint density at radius 1 is 0.456 bits per heavy atom. The quantitative estimate of drug-likeness (QED) is 0.0205. The van der Waals surface area contributed by atoms with E-state index in [0.29, 0.717) is 23.9 Å². The molecule has 9 nitrogen and oxygen atoms in total. The van der Waals surface area contributed by atoms with E-state index in [1.807, 2.05) is 33.3 Å². The second-order valence-corrected chi connectivity index (χ2v) is 24.0. The van der Waals surface area contributed by atoms with Crippen LogP contribution < -0.4 is 5.32 Å². The fourth-order valence-electron chi connectivity index (χ4n) is 8.74. The van der Waals surface area contributed by atoms with Gasteiger partial charge in [0.15, 0.2) is 0 Å². The lowest BCUT2D eigenvalue weighted by atomic mass is 10.1. The van der Waals surface area contributed by atoms with E-state index in [1.54, 1.807) is 0 Å². The highest BCUT2D eigenvalue weighted by molar-refractivity contribution is 7.47. The minimum atomic E-state index is -4.46. The number of esters is 1. The van der Waals surface area contributed by atoms with Crippen LogP contribution in [0, 0.1) is 0 Å². The summed E-state index contributed by atoms with van der Waals surface area (Å²) in [5.74, 6) is -0.536. The lowest BCUT2D eigenvalue weighted by Gasteiger charge is -2.27. The third-order valence-electron chi connectivity index (χ3n) is 13.7. The van der Waals surface area contributed by atoms with E-state index in [0.717, 1.165) is 135 Å². The van der Waals surface area contributed by atoms with E-state index < -0.39 is 20.0 Å². The zero-order valence-corrected chi connectivity index (χ0v) is 52.7. The normalized spacial score (nSPS) is 14.4. The van der Waals surface area contributed by atoms with Gasteiger partial charge >= 0.3 is 13.8 Å². The van der Waals surface area contributed by atoms with Crippen LogP contribution in [0.2, 0.25) is 0 Å². The molecule has 0 heterocycles. The molecule has 0 radical (unpaired) electrons. The maximum Gasteiger partial charge on any atom is 0.472 e. The number of nitrogens with zero attached hydrogens (tertiary/aromatic N) is 1. The summed E-state index contributed by atoms with van der Waals surface area (Å²) in [4.78, 5) is 37.7. The van der Waals surface area contributed by atoms with E-state index in [9.17, 15) is 19.0 Å². The van der Waals surface area contributed by atoms with Gasteiger partial charge in [0, 0.05) is 12.8 Å². The van der Waals surface area contributed by atoms with Gasteiger partial charge < -0.3 is 19.4 Å². The van der Waals surface area contributed by atoms with Crippen molar-refractivity contribution in [3.8, 4) is 0 Å². The van der Waals surface area contributed by atoms with Gasteiger partial charge in [0.1, 0.15) is 19.3 Å². The van der Waals surface area contributed by atoms with E-state index >= 15 is 0 Å². The molecule has 79 heavy (non-hydrogen) atoms. The highest BCUT2D eigenvalue weighted by Crippen LogP contribution is 2.43. The van der Waals surface area contributed by atoms with Crippen molar-refractivity contribution in [3.05, 3.63) is 109 Å². The average Bonchev–Trinajstić information content (AvgIpc) is 3.41. The van der Waals surface area contributed by atoms with Crippen molar-refractivity contribution in [3.63, 3.8) is 0 Å². The first-order valence-electron chi connectivity index (χ1n) is 32.2. The molecule has 0 aromatic rings. The fraction of sp³-hybridized carbons (Fsp3) is 0.710. The molecule has 10 heteroatoms. The first-order chi connectivity index (χ1) is 38.4. The van der Waals surface area contributed by atoms with Crippen molar-refractivity contribution < 1.29 is 37.3 Å². The van der Waals surface area contributed by atoms with E-state index in [-0.39, 0.29) is 31.5 Å². The van der Waals surface area contributed by atoms with Crippen LogP contribution in [0.15, 0.2) is 109 Å². The number of amides is 1. The first-order valence-corrected chi connectivity index (χ1v) is 33.7. The van der Waals surface area contributed by atoms with Gasteiger partial charge in [-0.25, -0.2) is 4.57 Å². The third-order valence-corrected chi connectivity index (χ3v) is 14.7. The number of nitrogens with one attached hydrogen (secondary N) is 1. The maximum atomic E-state index is 13.5. The molecule has 454 valence electrons. The van der Waals surface area contributed by atoms with Crippen LogP contribution in [0.4, 0.5) is 0 Å². The summed E-state index contributed by atoms with van der Waals surface area (Å²) in [6.45, 7) is 6.85. The number of rotatable bonds is 57. The van der Waals surface area contributed by atoms with Crippen LogP contribution in [0.3, 0.4) is 0 Å². The van der Waals surface area contributed by atoms with Crippen molar-refractivity contribution in [2.75, 3.05) is 40.9 Å². The summed E-state index contributed by atoms with van der Waals surface area (Å²) < 4.78 is 30.7. The number of hydrogen-bond acceptors (Lipinski definition) is 6. The Kier molecular flexibility index (Phi) is 55.4. The summed E-state index contributed by atoms with van der Waals surface area (Å²) in [6.07, 6.45) is 79.4. The summed E-state index contributed by atoms with van der Waals surface area (Å²) >= 11 is 0. The number of hydrogen-bond donors (Lipinski definition) is 2. The van der Waals surface area contributed by atoms with Gasteiger partial charge in [0.2, 0.25) is 5.91 Å². The largest absolute Gasteiger partial charge is 0.472 e. The van der Waals surface area contributed by atoms with Crippen LogP contribution in [0.25, 0.3) is 0 Å². The Morgan fingerprint density at radius 2 is 0.810 bits per heavy atom. The van der Waals surface area contributed by atoms with Gasteiger partial charge in [-0.2, -0.15) is 0 Å². The second-order valence-electron chi connectivity index (χ2n) is 22.5. The van der Waals surface area contributed by atoms with Crippen LogP contribution in [0.1, 0.15) is 265 Å². The highest BCUT2D eigenvalue weighted by Gasteiger charge is 2.30. The minimum Gasteiger partial charge on any atom is -0.456 e. The van der Waals surface area contributed by atoms with Gasteiger partial charge in [-0.3, -0.25) is 18.6 Å². The summed E-state index contributed by atoms with van der Waals surface area (Å²) in [7, 11) is 1.47. The number of unbranched alkanes of at least 4 members (excludes halogenated alkanes) is 25. The number of carbonyl (C=O) groups is 2. The molecule has 0 bridgehead atoms. The number of likely N-dealkylation sites (N-methyl/N-ethyl adjacent to an activating group) is 1. The lowest BCUT2D eigenvalue weighted by Crippen LogP contribution is -2.47. The molecular formula is C69H122N2O7P+. The van der Waals surface area contributed by atoms with Crippen LogP contribution in [-0.2, 0) is 27.9 Å². The third kappa shape index (κ3) is 59.1. The molecular weight excluding hydrogens is 1000 g/mol. The van der Waals surface area contributed by atoms with E-state index in [1.165, 1.54) is 89.9 Å². The Morgan fingerprint density at radius 3 is 1.24 bits per heavy atom. The molecule has 0 aromatic heterocycles. The van der Waals surface area contributed by atoms with E-state index in [4.69, 9.17) is 13.8 Å². The predicted octanol–water partition coefficient (Wildman–Crippen LogP) is 20.1. The number of quaternary nitrogens is 1. The summed E-state index contributed by atoms with van der Waals surface area (Å²) in [5, 5.41) is 3.05. The molecule has 1 amide bonds.